The Balaban J connectivity index is 1.56. The van der Waals surface area contributed by atoms with Gasteiger partial charge in [-0.15, -0.1) is 0 Å². The average Bonchev–Trinajstić information content (AvgIpc) is 3.05. The Morgan fingerprint density at radius 3 is 2.62 bits per heavy atom. The van der Waals surface area contributed by atoms with Crippen LogP contribution in [0, 0.1) is 16.7 Å². The van der Waals surface area contributed by atoms with E-state index >= 15 is 0 Å². The number of fused-ring (bicyclic) bond motifs is 1. The summed E-state index contributed by atoms with van der Waals surface area (Å²) < 4.78 is 22.9. The number of rotatable bonds is 5. The molecule has 1 aromatic rings. The zero-order chi connectivity index (χ0) is 23.0. The van der Waals surface area contributed by atoms with Crippen LogP contribution in [-0.2, 0) is 18.9 Å². The predicted octanol–water partition coefficient (Wildman–Crippen LogP) is 0.194. The molecule has 2 saturated carbocycles. The molecule has 0 unspecified atom stereocenters. The molecule has 4 N–H and O–H groups in total. The monoisotopic (exact) mass is 450 g/mol. The number of aliphatic hydroxyl groups is 4. The van der Waals surface area contributed by atoms with Crippen LogP contribution in [0.4, 0.5) is 0 Å². The Labute approximate surface area is 185 Å². The number of aliphatic hydroxyl groups excluding tert-OH is 2. The molecule has 2 aliphatic carbocycles. The topological polar surface area (TPSA) is 135 Å². The Morgan fingerprint density at radius 2 is 1.97 bits per heavy atom. The van der Waals surface area contributed by atoms with E-state index in [2.05, 4.69) is 0 Å². The van der Waals surface area contributed by atoms with E-state index in [-0.39, 0.29) is 26.1 Å². The van der Waals surface area contributed by atoms with Crippen molar-refractivity contribution in [2.75, 3.05) is 26.9 Å². The molecule has 4 bridgehead atoms. The van der Waals surface area contributed by atoms with Gasteiger partial charge in [-0.3, -0.25) is 0 Å². The van der Waals surface area contributed by atoms with Gasteiger partial charge >= 0.3 is 11.9 Å². The van der Waals surface area contributed by atoms with Crippen molar-refractivity contribution in [2.24, 2.45) is 16.7 Å². The summed E-state index contributed by atoms with van der Waals surface area (Å²) in [6.45, 7) is 0.766. The Kier molecular flexibility index (Phi) is 4.83. The fourth-order valence-corrected chi connectivity index (χ4v) is 6.97. The van der Waals surface area contributed by atoms with E-state index in [0.29, 0.717) is 12.0 Å². The predicted molar refractivity (Wildman–Crippen MR) is 108 cm³/mol. The Morgan fingerprint density at radius 1 is 1.25 bits per heavy atom. The van der Waals surface area contributed by atoms with Crippen molar-refractivity contribution in [3.05, 3.63) is 35.9 Å². The maximum absolute atomic E-state index is 12.6. The molecule has 9 nitrogen and oxygen atoms in total. The molecule has 32 heavy (non-hydrogen) atoms. The summed E-state index contributed by atoms with van der Waals surface area (Å²) >= 11 is 0. The summed E-state index contributed by atoms with van der Waals surface area (Å²) in [7, 11) is 1.32. The van der Waals surface area contributed by atoms with Crippen molar-refractivity contribution in [1.82, 2.24) is 0 Å². The SMILES string of the molecule is CO[C@]12OC[C@@]3(C)[C@@]4(O)CC[C@@H](COC(=O)c5ccccc5)[C@]4(C[C@@H](O1)[C@@]3(O)CO)[C@H]2O. The van der Waals surface area contributed by atoms with Crippen LogP contribution in [-0.4, -0.2) is 82.7 Å². The zero-order valence-electron chi connectivity index (χ0n) is 18.2. The molecule has 3 heterocycles. The van der Waals surface area contributed by atoms with Gasteiger partial charge in [0.2, 0.25) is 0 Å². The van der Waals surface area contributed by atoms with Crippen LogP contribution in [0.1, 0.15) is 36.5 Å². The largest absolute Gasteiger partial charge is 0.462 e. The quantitative estimate of drug-likeness (QED) is 0.464. The third-order valence-electron chi connectivity index (χ3n) is 8.92. The number of carbonyl (C=O) groups excluding carboxylic acids is 1. The van der Waals surface area contributed by atoms with Gasteiger partial charge in [-0.05, 0) is 31.4 Å². The van der Waals surface area contributed by atoms with Gasteiger partial charge in [0.1, 0.15) is 11.7 Å². The summed E-state index contributed by atoms with van der Waals surface area (Å²) in [5, 5.41) is 45.5. The van der Waals surface area contributed by atoms with E-state index in [1.165, 1.54) is 7.11 Å². The van der Waals surface area contributed by atoms with E-state index in [4.69, 9.17) is 18.9 Å². The first-order valence-electron chi connectivity index (χ1n) is 11.0. The second kappa shape index (κ2) is 6.96. The highest BCUT2D eigenvalue weighted by molar-refractivity contribution is 5.89. The molecule has 0 aromatic heterocycles. The number of hydrogen-bond donors (Lipinski definition) is 4. The lowest BCUT2D eigenvalue weighted by Gasteiger charge is -2.67. The van der Waals surface area contributed by atoms with Gasteiger partial charge in [-0.2, -0.15) is 0 Å². The van der Waals surface area contributed by atoms with Gasteiger partial charge in [0, 0.05) is 18.4 Å². The van der Waals surface area contributed by atoms with Crippen LogP contribution in [0.15, 0.2) is 30.3 Å². The molecule has 9 heteroatoms. The normalized spacial score (nSPS) is 49.0. The molecule has 3 saturated heterocycles. The minimum absolute atomic E-state index is 0.0345. The van der Waals surface area contributed by atoms with Crippen molar-refractivity contribution in [3.8, 4) is 0 Å². The summed E-state index contributed by atoms with van der Waals surface area (Å²) in [5.41, 5.74) is -5.64. The first-order valence-corrected chi connectivity index (χ1v) is 11.0. The van der Waals surface area contributed by atoms with Crippen LogP contribution in [0.2, 0.25) is 0 Å². The van der Waals surface area contributed by atoms with E-state index < -0.39 is 58.7 Å². The first kappa shape index (κ1) is 22.2. The van der Waals surface area contributed by atoms with Crippen LogP contribution < -0.4 is 0 Å². The van der Waals surface area contributed by atoms with Gasteiger partial charge < -0.3 is 39.4 Å². The van der Waals surface area contributed by atoms with E-state index in [0.717, 1.165) is 0 Å². The molecule has 5 fully saturated rings. The molecular formula is C23H30O9. The van der Waals surface area contributed by atoms with Gasteiger partial charge in [-0.1, -0.05) is 25.1 Å². The van der Waals surface area contributed by atoms with Gasteiger partial charge in [0.25, 0.3) is 0 Å². The Hall–Kier alpha value is -1.59. The fraction of sp³-hybridized carbons (Fsp3) is 0.696. The Bertz CT molecular complexity index is 910. The maximum atomic E-state index is 12.6. The van der Waals surface area contributed by atoms with Crippen LogP contribution in [0.25, 0.3) is 0 Å². The number of ether oxygens (including phenoxy) is 4. The van der Waals surface area contributed by atoms with Crippen molar-refractivity contribution in [1.29, 1.82) is 0 Å². The molecule has 1 aromatic carbocycles. The molecular weight excluding hydrogens is 420 g/mol. The number of esters is 1. The van der Waals surface area contributed by atoms with E-state index in [1.807, 2.05) is 0 Å². The third kappa shape index (κ3) is 2.34. The van der Waals surface area contributed by atoms with Gasteiger partial charge in [0.15, 0.2) is 0 Å². The summed E-state index contributed by atoms with van der Waals surface area (Å²) in [6, 6.07) is 8.59. The van der Waals surface area contributed by atoms with Crippen LogP contribution in [0.5, 0.6) is 0 Å². The van der Waals surface area contributed by atoms with Crippen LogP contribution >= 0.6 is 0 Å². The molecule has 3 aliphatic heterocycles. The molecule has 0 radical (unpaired) electrons. The fourth-order valence-electron chi connectivity index (χ4n) is 6.97. The first-order chi connectivity index (χ1) is 15.1. The van der Waals surface area contributed by atoms with Crippen molar-refractivity contribution < 1.29 is 44.2 Å². The second-order valence-electron chi connectivity index (χ2n) is 9.82. The van der Waals surface area contributed by atoms with Gasteiger partial charge in [-0.25, -0.2) is 4.79 Å². The highest BCUT2D eigenvalue weighted by atomic mass is 16.9. The van der Waals surface area contributed by atoms with Crippen molar-refractivity contribution in [2.45, 2.75) is 55.6 Å². The number of methoxy groups -OCH3 is 1. The maximum Gasteiger partial charge on any atom is 0.338 e. The lowest BCUT2D eigenvalue weighted by Crippen LogP contribution is -2.82. The zero-order valence-corrected chi connectivity index (χ0v) is 18.2. The minimum Gasteiger partial charge on any atom is -0.462 e. The summed E-state index contributed by atoms with van der Waals surface area (Å²) in [6.07, 6.45) is -1.64. The number of carbonyl (C=O) groups is 1. The molecule has 1 spiro atoms. The molecule has 8 atom stereocenters. The number of hydrogen-bond acceptors (Lipinski definition) is 9. The third-order valence-corrected chi connectivity index (χ3v) is 8.92. The molecule has 6 rings (SSSR count). The minimum atomic E-state index is -1.92. The van der Waals surface area contributed by atoms with E-state index in [1.54, 1.807) is 37.3 Å². The van der Waals surface area contributed by atoms with E-state index in [9.17, 15) is 25.2 Å². The standard InChI is InChI=1S/C23H30O9/c1-19-13-31-23(29-2)18(26)20(10-16(32-23)21(19,27)12-24)15(8-9-22(19,20)28)11-30-17(25)14-6-4-3-5-7-14/h3-7,15-16,18,24,26-28H,8-13H2,1-2H3/t15-,16+,18+,19+,20+,21-,22-,23+/m0/s1. The van der Waals surface area contributed by atoms with Crippen LogP contribution in [0.3, 0.4) is 0 Å². The van der Waals surface area contributed by atoms with Crippen molar-refractivity contribution >= 4 is 5.97 Å². The molecule has 0 amide bonds. The summed E-state index contributed by atoms with van der Waals surface area (Å²) in [4.78, 5) is 12.6. The van der Waals surface area contributed by atoms with Gasteiger partial charge in [0.05, 0.1) is 42.5 Å². The average molecular weight is 450 g/mol. The second-order valence-corrected chi connectivity index (χ2v) is 9.82. The number of benzene rings is 1. The molecule has 5 aliphatic rings. The molecule has 176 valence electrons. The lowest BCUT2D eigenvalue weighted by atomic mass is 9.44. The summed E-state index contributed by atoms with van der Waals surface area (Å²) in [5.74, 6) is -2.86. The van der Waals surface area contributed by atoms with Crippen molar-refractivity contribution in [3.63, 3.8) is 0 Å². The highest BCUT2D eigenvalue weighted by Crippen LogP contribution is 2.73. The smallest absolute Gasteiger partial charge is 0.338 e. The highest BCUT2D eigenvalue weighted by Gasteiger charge is 2.86. The lowest BCUT2D eigenvalue weighted by molar-refractivity contribution is -0.466.